The van der Waals surface area contributed by atoms with E-state index < -0.39 is 37.5 Å². The number of hydrogen-bond donors (Lipinski definition) is 1. The molecule has 0 aliphatic carbocycles. The van der Waals surface area contributed by atoms with Crippen molar-refractivity contribution in [3.8, 4) is 11.5 Å². The largest absolute Gasteiger partial charge is 0.455 e. The molecule has 0 aliphatic heterocycles. The second-order valence-corrected chi connectivity index (χ2v) is 8.92. The molecule has 0 spiro atoms. The van der Waals surface area contributed by atoms with Crippen LogP contribution in [0, 0.1) is 5.13 Å². The Morgan fingerprint density at radius 1 is 1.03 bits per heavy atom. The number of aromatic amines is 1. The Labute approximate surface area is 183 Å². The molecule has 4 rings (SSSR count). The molecule has 13 heteroatoms. The van der Waals surface area contributed by atoms with Crippen molar-refractivity contribution in [2.24, 2.45) is 0 Å². The Hall–Kier alpha value is -3.45. The third-order valence-electron chi connectivity index (χ3n) is 4.11. The summed E-state index contributed by atoms with van der Waals surface area (Å²) in [6, 6.07) is 11.3. The Morgan fingerprint density at radius 3 is 2.38 bits per heavy atom. The van der Waals surface area contributed by atoms with E-state index >= 15 is 0 Å². The van der Waals surface area contributed by atoms with Crippen LogP contribution in [0.25, 0.3) is 0 Å². The summed E-state index contributed by atoms with van der Waals surface area (Å²) in [5.41, 5.74) is -1.29. The average molecular weight is 484 g/mol. The highest BCUT2D eigenvalue weighted by molar-refractivity contribution is 7.93. The molecule has 0 fully saturated rings. The molecular formula is C19H12F4N4O3S2. The van der Waals surface area contributed by atoms with Crippen molar-refractivity contribution in [1.82, 2.24) is 15.2 Å². The van der Waals surface area contributed by atoms with Crippen molar-refractivity contribution >= 4 is 32.3 Å². The predicted octanol–water partition coefficient (Wildman–Crippen LogP) is 5.34. The number of nitrogens with zero attached hydrogens (tertiary/aromatic N) is 3. The van der Waals surface area contributed by atoms with Gasteiger partial charge in [0.2, 0.25) is 5.13 Å². The van der Waals surface area contributed by atoms with E-state index in [0.29, 0.717) is 21.7 Å². The summed E-state index contributed by atoms with van der Waals surface area (Å²) in [6.45, 7) is 0. The van der Waals surface area contributed by atoms with Crippen molar-refractivity contribution < 1.29 is 30.7 Å². The van der Waals surface area contributed by atoms with Gasteiger partial charge in [-0.1, -0.05) is 35.6 Å². The number of H-pyrrole nitrogens is 1. The SMILES string of the molecule is O=S(=O)(c1cccc(C(F)(F)F)c1Oc1ccccc1)N(c1ccn[nH]1)c1ncc(F)s1. The summed E-state index contributed by atoms with van der Waals surface area (Å²) < 4.78 is 88.1. The Kier molecular flexibility index (Phi) is 5.60. The molecule has 0 amide bonds. The molecule has 166 valence electrons. The van der Waals surface area contributed by atoms with Crippen molar-refractivity contribution in [1.29, 1.82) is 0 Å². The summed E-state index contributed by atoms with van der Waals surface area (Å²) in [6.07, 6.45) is -2.89. The van der Waals surface area contributed by atoms with Crippen LogP contribution >= 0.6 is 11.3 Å². The maximum Gasteiger partial charge on any atom is 0.420 e. The maximum absolute atomic E-state index is 13.8. The number of thiazole rings is 1. The summed E-state index contributed by atoms with van der Waals surface area (Å²) in [5, 5.41) is 4.96. The second-order valence-electron chi connectivity index (χ2n) is 6.20. The summed E-state index contributed by atoms with van der Waals surface area (Å²) in [5.74, 6) is -1.08. The van der Waals surface area contributed by atoms with Crippen LogP contribution in [0.4, 0.5) is 28.5 Å². The van der Waals surface area contributed by atoms with Crippen LogP contribution in [-0.2, 0) is 16.2 Å². The lowest BCUT2D eigenvalue weighted by molar-refractivity contribution is -0.138. The molecule has 0 saturated heterocycles. The van der Waals surface area contributed by atoms with Gasteiger partial charge < -0.3 is 4.74 Å². The number of alkyl halides is 3. The van der Waals surface area contributed by atoms with E-state index in [0.717, 1.165) is 18.3 Å². The molecule has 0 bridgehead atoms. The number of nitrogens with one attached hydrogen (secondary N) is 1. The predicted molar refractivity (Wildman–Crippen MR) is 108 cm³/mol. The van der Waals surface area contributed by atoms with Gasteiger partial charge in [-0.05, 0) is 24.3 Å². The molecule has 4 aromatic rings. The van der Waals surface area contributed by atoms with E-state index in [4.69, 9.17) is 4.74 Å². The molecule has 32 heavy (non-hydrogen) atoms. The number of hydrogen-bond acceptors (Lipinski definition) is 6. The summed E-state index contributed by atoms with van der Waals surface area (Å²) >= 11 is 0.393. The Morgan fingerprint density at radius 2 is 1.78 bits per heavy atom. The quantitative estimate of drug-likeness (QED) is 0.373. The fourth-order valence-corrected chi connectivity index (χ4v) is 5.21. The summed E-state index contributed by atoms with van der Waals surface area (Å²) in [4.78, 5) is 2.94. The van der Waals surface area contributed by atoms with E-state index in [1.165, 1.54) is 36.5 Å². The monoisotopic (exact) mass is 484 g/mol. The zero-order valence-electron chi connectivity index (χ0n) is 15.7. The van der Waals surface area contributed by atoms with E-state index in [1.807, 2.05) is 0 Å². The number of para-hydroxylation sites is 2. The molecule has 2 aromatic carbocycles. The fraction of sp³-hybridized carbons (Fsp3) is 0.0526. The van der Waals surface area contributed by atoms with Crippen LogP contribution in [0.2, 0.25) is 0 Å². The van der Waals surface area contributed by atoms with Gasteiger partial charge >= 0.3 is 6.18 Å². The number of benzene rings is 2. The van der Waals surface area contributed by atoms with Gasteiger partial charge in [-0.15, -0.1) is 0 Å². The van der Waals surface area contributed by atoms with Crippen molar-refractivity contribution in [2.75, 3.05) is 4.31 Å². The molecule has 7 nitrogen and oxygen atoms in total. The number of ether oxygens (including phenoxy) is 1. The first-order valence-electron chi connectivity index (χ1n) is 8.77. The zero-order chi connectivity index (χ0) is 22.9. The molecule has 0 unspecified atom stereocenters. The van der Waals surface area contributed by atoms with E-state index in [9.17, 15) is 26.0 Å². The van der Waals surface area contributed by atoms with E-state index in [1.54, 1.807) is 6.07 Å². The Balaban J connectivity index is 1.94. The first-order valence-corrected chi connectivity index (χ1v) is 11.0. The second kappa shape index (κ2) is 8.24. The third-order valence-corrected chi connectivity index (χ3v) is 6.72. The molecule has 2 aromatic heterocycles. The number of sulfonamides is 1. The molecule has 2 heterocycles. The van der Waals surface area contributed by atoms with Crippen LogP contribution < -0.4 is 9.04 Å². The highest BCUT2D eigenvalue weighted by Gasteiger charge is 2.40. The Bertz CT molecular complexity index is 1320. The third kappa shape index (κ3) is 4.16. The molecular weight excluding hydrogens is 472 g/mol. The highest BCUT2D eigenvalue weighted by atomic mass is 32.2. The summed E-state index contributed by atoms with van der Waals surface area (Å²) in [7, 11) is -4.78. The minimum Gasteiger partial charge on any atom is -0.455 e. The van der Waals surface area contributed by atoms with Gasteiger partial charge in [0, 0.05) is 6.07 Å². The number of rotatable bonds is 6. The van der Waals surface area contributed by atoms with Crippen LogP contribution in [0.15, 0.2) is 71.9 Å². The molecule has 0 radical (unpaired) electrons. The fourth-order valence-electron chi connectivity index (χ4n) is 2.79. The number of anilines is 2. The van der Waals surface area contributed by atoms with Gasteiger partial charge in [0.1, 0.15) is 16.5 Å². The van der Waals surface area contributed by atoms with E-state index in [2.05, 4.69) is 15.2 Å². The minimum absolute atomic E-state index is 0.00552. The van der Waals surface area contributed by atoms with Crippen LogP contribution in [0.1, 0.15) is 5.56 Å². The molecule has 0 saturated carbocycles. The lowest BCUT2D eigenvalue weighted by atomic mass is 10.2. The number of halogens is 4. The van der Waals surface area contributed by atoms with Crippen LogP contribution in [0.5, 0.6) is 11.5 Å². The smallest absolute Gasteiger partial charge is 0.420 e. The maximum atomic E-state index is 13.8. The molecule has 1 N–H and O–H groups in total. The van der Waals surface area contributed by atoms with Crippen molar-refractivity contribution in [3.05, 3.63) is 77.7 Å². The minimum atomic E-state index is -4.91. The normalized spacial score (nSPS) is 12.0. The lowest BCUT2D eigenvalue weighted by Gasteiger charge is -2.23. The molecule has 0 aliphatic rings. The first-order chi connectivity index (χ1) is 15.2. The topological polar surface area (TPSA) is 88.2 Å². The highest BCUT2D eigenvalue weighted by Crippen LogP contribution is 2.44. The van der Waals surface area contributed by atoms with Crippen molar-refractivity contribution in [2.45, 2.75) is 11.1 Å². The average Bonchev–Trinajstić information content (AvgIpc) is 3.40. The van der Waals surface area contributed by atoms with Gasteiger partial charge in [-0.2, -0.15) is 27.0 Å². The standard InChI is InChI=1S/C19H12F4N4O3S2/c20-15-11-24-18(31-15)27(16-9-10-25-26-16)32(28,29)14-8-4-7-13(19(21,22)23)17(14)30-12-5-2-1-3-6-12/h1-11H,(H,25,26). The van der Waals surface area contributed by atoms with Crippen molar-refractivity contribution in [3.63, 3.8) is 0 Å². The van der Waals surface area contributed by atoms with Gasteiger partial charge in [0.15, 0.2) is 10.9 Å². The lowest BCUT2D eigenvalue weighted by Crippen LogP contribution is -2.27. The van der Waals surface area contributed by atoms with Crippen LogP contribution in [-0.4, -0.2) is 23.6 Å². The van der Waals surface area contributed by atoms with Gasteiger partial charge in [-0.3, -0.25) is 5.10 Å². The van der Waals surface area contributed by atoms with Gasteiger partial charge in [0.25, 0.3) is 10.0 Å². The van der Waals surface area contributed by atoms with Gasteiger partial charge in [-0.25, -0.2) is 13.4 Å². The number of aromatic nitrogens is 3. The van der Waals surface area contributed by atoms with E-state index in [-0.39, 0.29) is 16.7 Å². The molecule has 0 atom stereocenters. The zero-order valence-corrected chi connectivity index (χ0v) is 17.4. The first kappa shape index (κ1) is 21.8. The van der Waals surface area contributed by atoms with Crippen LogP contribution in [0.3, 0.4) is 0 Å². The van der Waals surface area contributed by atoms with Gasteiger partial charge in [0.05, 0.1) is 18.0 Å².